The molecule has 76 valence electrons. The first kappa shape index (κ1) is 8.55. The van der Waals surface area contributed by atoms with Crippen LogP contribution in [0.5, 0.6) is 0 Å². The van der Waals surface area contributed by atoms with Gasteiger partial charge in [0, 0.05) is 24.5 Å². The summed E-state index contributed by atoms with van der Waals surface area (Å²) in [5.74, 6) is 0.0363. The highest BCUT2D eigenvalue weighted by molar-refractivity contribution is 6.06. The molecule has 5 heteroatoms. The lowest BCUT2D eigenvalue weighted by Crippen LogP contribution is -2.35. The van der Waals surface area contributed by atoms with Crippen LogP contribution in [-0.4, -0.2) is 40.4 Å². The largest absolute Gasteiger partial charge is 0.363 e. The minimum atomic E-state index is -0.225. The Balaban J connectivity index is 2.19. The molecule has 3 rings (SSSR count). The van der Waals surface area contributed by atoms with Crippen LogP contribution < -0.4 is 5.32 Å². The fourth-order valence-corrected chi connectivity index (χ4v) is 2.01. The van der Waals surface area contributed by atoms with Crippen molar-refractivity contribution in [3.63, 3.8) is 0 Å². The summed E-state index contributed by atoms with van der Waals surface area (Å²) in [6.07, 6.45) is 5.06. The van der Waals surface area contributed by atoms with Crippen molar-refractivity contribution in [2.24, 2.45) is 0 Å². The molecule has 1 aromatic rings. The molecule has 1 unspecified atom stereocenters. The highest BCUT2D eigenvalue weighted by Gasteiger charge is 2.36. The number of carbonyl (C=O) groups excluding carboxylic acids is 1. The molecule has 1 aliphatic heterocycles. The van der Waals surface area contributed by atoms with E-state index in [9.17, 15) is 4.79 Å². The van der Waals surface area contributed by atoms with Crippen molar-refractivity contribution < 1.29 is 4.79 Å². The molecule has 1 saturated heterocycles. The van der Waals surface area contributed by atoms with Gasteiger partial charge in [0.2, 0.25) is 5.78 Å². The topological polar surface area (TPSA) is 58.1 Å². The van der Waals surface area contributed by atoms with Crippen molar-refractivity contribution in [3.05, 3.63) is 29.5 Å². The zero-order valence-electron chi connectivity index (χ0n) is 8.27. The van der Waals surface area contributed by atoms with E-state index in [1.54, 1.807) is 6.20 Å². The van der Waals surface area contributed by atoms with Gasteiger partial charge in [-0.05, 0) is 6.08 Å². The number of hydrogen-bond acceptors (Lipinski definition) is 5. The molecule has 1 N–H and O–H groups in total. The Bertz CT molecular complexity index is 468. The van der Waals surface area contributed by atoms with Crippen molar-refractivity contribution in [2.45, 2.75) is 6.04 Å². The summed E-state index contributed by atoms with van der Waals surface area (Å²) in [6, 6.07) is -0.225. The molecular weight excluding hydrogens is 192 g/mol. The van der Waals surface area contributed by atoms with E-state index in [2.05, 4.69) is 15.3 Å². The number of likely N-dealkylation sites (N-methyl/N-ethyl adjacent to an activating group) is 1. The first-order valence-corrected chi connectivity index (χ1v) is 4.77. The summed E-state index contributed by atoms with van der Waals surface area (Å²) in [5.41, 5.74) is 2.33. The quantitative estimate of drug-likeness (QED) is 0.635. The predicted molar refractivity (Wildman–Crippen MR) is 53.9 cm³/mol. The molecule has 0 aromatic carbocycles. The number of hydrogen-bond donors (Lipinski definition) is 1. The van der Waals surface area contributed by atoms with Crippen LogP contribution >= 0.6 is 0 Å². The molecule has 15 heavy (non-hydrogen) atoms. The lowest BCUT2D eigenvalue weighted by atomic mass is 9.96. The Morgan fingerprint density at radius 2 is 2.47 bits per heavy atom. The summed E-state index contributed by atoms with van der Waals surface area (Å²) in [6.45, 7) is 0.698. The van der Waals surface area contributed by atoms with Crippen molar-refractivity contribution in [3.8, 4) is 0 Å². The number of ketones is 1. The maximum atomic E-state index is 12.0. The van der Waals surface area contributed by atoms with Gasteiger partial charge in [0.15, 0.2) is 0 Å². The minimum Gasteiger partial charge on any atom is -0.363 e. The monoisotopic (exact) mass is 202 g/mol. The van der Waals surface area contributed by atoms with Crippen LogP contribution in [0, 0.1) is 0 Å². The predicted octanol–water partition coefficient (Wildman–Crippen LogP) is -0.125. The summed E-state index contributed by atoms with van der Waals surface area (Å²) >= 11 is 0. The van der Waals surface area contributed by atoms with E-state index in [0.717, 1.165) is 11.3 Å². The van der Waals surface area contributed by atoms with E-state index in [4.69, 9.17) is 0 Å². The molecule has 0 radical (unpaired) electrons. The number of nitrogens with one attached hydrogen (secondary N) is 1. The number of aromatic nitrogens is 2. The average molecular weight is 202 g/mol. The van der Waals surface area contributed by atoms with Crippen LogP contribution in [0.4, 0.5) is 0 Å². The summed E-state index contributed by atoms with van der Waals surface area (Å²) in [5, 5.41) is 3.15. The molecule has 2 aliphatic rings. The van der Waals surface area contributed by atoms with Crippen molar-refractivity contribution in [1.82, 2.24) is 20.2 Å². The maximum absolute atomic E-state index is 12.0. The molecule has 1 aromatic heterocycles. The minimum absolute atomic E-state index is 0.0363. The molecule has 2 heterocycles. The molecular formula is C10H10N4O. The molecule has 0 saturated carbocycles. The zero-order valence-corrected chi connectivity index (χ0v) is 8.27. The highest BCUT2D eigenvalue weighted by atomic mass is 16.1. The first-order chi connectivity index (χ1) is 7.27. The van der Waals surface area contributed by atoms with E-state index >= 15 is 0 Å². The smallest absolute Gasteiger partial charge is 0.204 e. The van der Waals surface area contributed by atoms with Crippen LogP contribution in [0.2, 0.25) is 0 Å². The SMILES string of the molecule is CN1CNC2C(=O)c3ncncc3C=C21. The van der Waals surface area contributed by atoms with E-state index in [1.807, 2.05) is 18.0 Å². The van der Waals surface area contributed by atoms with Crippen LogP contribution in [0.15, 0.2) is 18.2 Å². The third-order valence-corrected chi connectivity index (χ3v) is 2.81. The Morgan fingerprint density at radius 3 is 3.33 bits per heavy atom. The third-order valence-electron chi connectivity index (χ3n) is 2.81. The van der Waals surface area contributed by atoms with Gasteiger partial charge in [-0.1, -0.05) is 0 Å². The van der Waals surface area contributed by atoms with Gasteiger partial charge in [-0.2, -0.15) is 0 Å². The summed E-state index contributed by atoms with van der Waals surface area (Å²) in [4.78, 5) is 22.0. The lowest BCUT2D eigenvalue weighted by molar-refractivity contribution is 0.0958. The Morgan fingerprint density at radius 1 is 1.60 bits per heavy atom. The van der Waals surface area contributed by atoms with Gasteiger partial charge in [0.25, 0.3) is 0 Å². The van der Waals surface area contributed by atoms with E-state index in [0.29, 0.717) is 12.4 Å². The van der Waals surface area contributed by atoms with Gasteiger partial charge in [0.1, 0.15) is 18.1 Å². The van der Waals surface area contributed by atoms with Gasteiger partial charge in [-0.25, -0.2) is 9.97 Å². The van der Waals surface area contributed by atoms with Crippen LogP contribution in [0.3, 0.4) is 0 Å². The molecule has 0 amide bonds. The van der Waals surface area contributed by atoms with Gasteiger partial charge in [-0.15, -0.1) is 0 Å². The summed E-state index contributed by atoms with van der Waals surface area (Å²) in [7, 11) is 1.96. The highest BCUT2D eigenvalue weighted by Crippen LogP contribution is 2.26. The molecule has 1 aliphatic carbocycles. The van der Waals surface area contributed by atoms with E-state index in [-0.39, 0.29) is 11.8 Å². The average Bonchev–Trinajstić information content (AvgIpc) is 2.62. The van der Waals surface area contributed by atoms with Crippen LogP contribution in [-0.2, 0) is 0 Å². The van der Waals surface area contributed by atoms with Gasteiger partial charge in [0.05, 0.1) is 6.67 Å². The van der Waals surface area contributed by atoms with Crippen molar-refractivity contribution >= 4 is 11.9 Å². The first-order valence-electron chi connectivity index (χ1n) is 4.77. The van der Waals surface area contributed by atoms with Gasteiger partial charge in [-0.3, -0.25) is 10.1 Å². The lowest BCUT2D eigenvalue weighted by Gasteiger charge is -2.20. The number of carbonyl (C=O) groups is 1. The zero-order chi connectivity index (χ0) is 10.4. The molecule has 1 atom stereocenters. The molecule has 5 nitrogen and oxygen atoms in total. The van der Waals surface area contributed by atoms with Gasteiger partial charge < -0.3 is 4.90 Å². The normalized spacial score (nSPS) is 23.5. The summed E-state index contributed by atoms with van der Waals surface area (Å²) < 4.78 is 0. The third kappa shape index (κ3) is 1.10. The fraction of sp³-hybridized carbons (Fsp3) is 0.300. The Hall–Kier alpha value is -1.75. The Kier molecular flexibility index (Phi) is 1.63. The molecule has 0 spiro atoms. The van der Waals surface area contributed by atoms with Crippen LogP contribution in [0.25, 0.3) is 6.08 Å². The fourth-order valence-electron chi connectivity index (χ4n) is 2.01. The number of fused-ring (bicyclic) bond motifs is 2. The van der Waals surface area contributed by atoms with Crippen molar-refractivity contribution in [2.75, 3.05) is 13.7 Å². The maximum Gasteiger partial charge on any atom is 0.204 e. The van der Waals surface area contributed by atoms with Crippen molar-refractivity contribution in [1.29, 1.82) is 0 Å². The number of rotatable bonds is 0. The Labute approximate surface area is 86.8 Å². The molecule has 1 fully saturated rings. The van der Waals surface area contributed by atoms with Crippen LogP contribution in [0.1, 0.15) is 16.1 Å². The molecule has 0 bridgehead atoms. The standard InChI is InChI=1S/C10H10N4O/c1-14-5-13-9-7(14)2-6-3-11-4-12-8(6)10(9)15/h2-4,9,13H,5H2,1H3. The number of nitrogens with zero attached hydrogens (tertiary/aromatic N) is 3. The van der Waals surface area contributed by atoms with Gasteiger partial charge >= 0.3 is 0 Å². The second-order valence-electron chi connectivity index (χ2n) is 3.75. The number of Topliss-reactive ketones (excluding diaryl/α,β-unsaturated/α-hetero) is 1. The van der Waals surface area contributed by atoms with E-state index in [1.165, 1.54) is 6.33 Å². The second kappa shape index (κ2) is 2.87. The van der Waals surface area contributed by atoms with E-state index < -0.39 is 0 Å². The second-order valence-corrected chi connectivity index (χ2v) is 3.75.